The van der Waals surface area contributed by atoms with Crippen molar-refractivity contribution in [1.82, 2.24) is 5.32 Å². The fraction of sp³-hybridized carbons (Fsp3) is 0.938. The fourth-order valence-electron chi connectivity index (χ4n) is 4.26. The molecule has 19 heavy (non-hydrogen) atoms. The Hall–Kier alpha value is -0.410. The van der Waals surface area contributed by atoms with E-state index in [9.17, 15) is 4.79 Å². The van der Waals surface area contributed by atoms with Gasteiger partial charge in [0.15, 0.2) is 0 Å². The van der Waals surface area contributed by atoms with Crippen molar-refractivity contribution in [1.29, 1.82) is 0 Å². The predicted molar refractivity (Wildman–Crippen MR) is 75.1 cm³/mol. The van der Waals surface area contributed by atoms with Gasteiger partial charge in [-0.25, -0.2) is 0 Å². The van der Waals surface area contributed by atoms with Crippen LogP contribution in [0.15, 0.2) is 0 Å². The standard InChI is InChI=1S/C16H27NO2/c1-2-15(6-4-9-17-12-15)14(18)13-5-10-19-16(11-13)7-3-8-16/h13,17H,2-12H2,1H3. The first-order chi connectivity index (χ1) is 9.20. The molecule has 2 saturated heterocycles. The molecule has 3 heteroatoms. The second-order valence-electron chi connectivity index (χ2n) is 6.85. The molecule has 0 aromatic rings. The van der Waals surface area contributed by atoms with Gasteiger partial charge in [0, 0.05) is 24.5 Å². The molecule has 3 fully saturated rings. The third kappa shape index (κ3) is 2.36. The van der Waals surface area contributed by atoms with Gasteiger partial charge in [-0.2, -0.15) is 0 Å². The molecular weight excluding hydrogens is 238 g/mol. The molecule has 2 unspecified atom stereocenters. The molecule has 2 heterocycles. The number of Topliss-reactive ketones (excluding diaryl/α,β-unsaturated/α-hetero) is 1. The van der Waals surface area contributed by atoms with Crippen molar-refractivity contribution >= 4 is 5.78 Å². The van der Waals surface area contributed by atoms with Gasteiger partial charge in [0.25, 0.3) is 0 Å². The van der Waals surface area contributed by atoms with E-state index in [1.807, 2.05) is 0 Å². The molecule has 1 saturated carbocycles. The minimum Gasteiger partial charge on any atom is -0.375 e. The van der Waals surface area contributed by atoms with Crippen LogP contribution >= 0.6 is 0 Å². The molecule has 2 atom stereocenters. The first kappa shape index (κ1) is 13.6. The zero-order valence-electron chi connectivity index (χ0n) is 12.2. The highest BCUT2D eigenvalue weighted by Gasteiger charge is 2.48. The van der Waals surface area contributed by atoms with Gasteiger partial charge in [0.05, 0.1) is 5.60 Å². The largest absolute Gasteiger partial charge is 0.375 e. The van der Waals surface area contributed by atoms with Crippen LogP contribution in [0.3, 0.4) is 0 Å². The molecule has 0 aromatic carbocycles. The van der Waals surface area contributed by atoms with Crippen LogP contribution in [-0.4, -0.2) is 31.1 Å². The third-order valence-corrected chi connectivity index (χ3v) is 5.80. The SMILES string of the molecule is CCC1(C(=O)C2CCOC3(CCC3)C2)CCCNC1. The maximum absolute atomic E-state index is 13.0. The third-order valence-electron chi connectivity index (χ3n) is 5.80. The summed E-state index contributed by atoms with van der Waals surface area (Å²) < 4.78 is 5.97. The Labute approximate surface area is 116 Å². The Morgan fingerprint density at radius 1 is 1.32 bits per heavy atom. The molecule has 0 aromatic heterocycles. The van der Waals surface area contributed by atoms with Crippen LogP contribution < -0.4 is 5.32 Å². The van der Waals surface area contributed by atoms with Gasteiger partial charge >= 0.3 is 0 Å². The second-order valence-corrected chi connectivity index (χ2v) is 6.85. The molecule has 1 spiro atoms. The maximum atomic E-state index is 13.0. The van der Waals surface area contributed by atoms with E-state index in [0.717, 1.165) is 51.8 Å². The quantitative estimate of drug-likeness (QED) is 0.852. The first-order valence-electron chi connectivity index (χ1n) is 8.09. The number of piperidine rings is 1. The number of carbonyl (C=O) groups excluding carboxylic acids is 1. The zero-order chi connectivity index (χ0) is 13.3. The van der Waals surface area contributed by atoms with Crippen molar-refractivity contribution in [3.63, 3.8) is 0 Å². The van der Waals surface area contributed by atoms with Gasteiger partial charge in [-0.1, -0.05) is 6.92 Å². The molecule has 108 valence electrons. The van der Waals surface area contributed by atoms with Crippen LogP contribution in [-0.2, 0) is 9.53 Å². The number of carbonyl (C=O) groups is 1. The number of nitrogens with one attached hydrogen (secondary N) is 1. The van der Waals surface area contributed by atoms with Crippen LogP contribution in [0.5, 0.6) is 0 Å². The smallest absolute Gasteiger partial charge is 0.143 e. The van der Waals surface area contributed by atoms with Gasteiger partial charge in [0.2, 0.25) is 0 Å². The molecule has 0 bridgehead atoms. The lowest BCUT2D eigenvalue weighted by Gasteiger charge is -2.48. The summed E-state index contributed by atoms with van der Waals surface area (Å²) >= 11 is 0. The van der Waals surface area contributed by atoms with Gasteiger partial charge in [0.1, 0.15) is 5.78 Å². The van der Waals surface area contributed by atoms with E-state index in [-0.39, 0.29) is 16.9 Å². The van der Waals surface area contributed by atoms with Crippen molar-refractivity contribution in [3.8, 4) is 0 Å². The molecule has 2 aliphatic heterocycles. The predicted octanol–water partition coefficient (Wildman–Crippen LogP) is 2.68. The summed E-state index contributed by atoms with van der Waals surface area (Å²) in [6.07, 6.45) is 8.79. The highest BCUT2D eigenvalue weighted by Crippen LogP contribution is 2.46. The number of ether oxygens (including phenoxy) is 1. The molecule has 1 aliphatic carbocycles. The van der Waals surface area contributed by atoms with Gasteiger partial charge in [-0.15, -0.1) is 0 Å². The summed E-state index contributed by atoms with van der Waals surface area (Å²) in [6, 6.07) is 0. The van der Waals surface area contributed by atoms with E-state index >= 15 is 0 Å². The van der Waals surface area contributed by atoms with E-state index in [4.69, 9.17) is 4.74 Å². The van der Waals surface area contributed by atoms with Crippen molar-refractivity contribution in [2.45, 2.75) is 63.9 Å². The summed E-state index contributed by atoms with van der Waals surface area (Å²) in [5.74, 6) is 0.797. The van der Waals surface area contributed by atoms with E-state index in [0.29, 0.717) is 5.78 Å². The lowest BCUT2D eigenvalue weighted by atomic mass is 9.65. The average molecular weight is 265 g/mol. The number of hydrogen-bond acceptors (Lipinski definition) is 3. The summed E-state index contributed by atoms with van der Waals surface area (Å²) in [7, 11) is 0. The minimum absolute atomic E-state index is 0.0782. The maximum Gasteiger partial charge on any atom is 0.143 e. The van der Waals surface area contributed by atoms with Gasteiger partial charge in [-0.05, 0) is 57.9 Å². The molecule has 3 rings (SSSR count). The van der Waals surface area contributed by atoms with Crippen LogP contribution in [0.1, 0.15) is 58.3 Å². The highest BCUT2D eigenvalue weighted by molar-refractivity contribution is 5.87. The number of rotatable bonds is 3. The van der Waals surface area contributed by atoms with E-state index in [1.54, 1.807) is 0 Å². The topological polar surface area (TPSA) is 38.3 Å². The molecule has 0 radical (unpaired) electrons. The summed E-state index contributed by atoms with van der Waals surface area (Å²) in [6.45, 7) is 4.95. The molecule has 0 amide bonds. The fourth-order valence-corrected chi connectivity index (χ4v) is 4.26. The van der Waals surface area contributed by atoms with E-state index in [2.05, 4.69) is 12.2 Å². The van der Waals surface area contributed by atoms with Gasteiger partial charge in [-0.3, -0.25) is 4.79 Å². The van der Waals surface area contributed by atoms with Gasteiger partial charge < -0.3 is 10.1 Å². The Morgan fingerprint density at radius 3 is 2.74 bits per heavy atom. The Balaban J connectivity index is 1.71. The van der Waals surface area contributed by atoms with Crippen LogP contribution in [0.4, 0.5) is 0 Å². The van der Waals surface area contributed by atoms with Crippen molar-refractivity contribution in [3.05, 3.63) is 0 Å². The highest BCUT2D eigenvalue weighted by atomic mass is 16.5. The number of ketones is 1. The summed E-state index contributed by atoms with van der Waals surface area (Å²) in [5, 5.41) is 3.44. The van der Waals surface area contributed by atoms with E-state index < -0.39 is 0 Å². The van der Waals surface area contributed by atoms with E-state index in [1.165, 1.54) is 19.3 Å². The molecular formula is C16H27NO2. The normalized spacial score (nSPS) is 37.8. The van der Waals surface area contributed by atoms with Crippen LogP contribution in [0, 0.1) is 11.3 Å². The van der Waals surface area contributed by atoms with Crippen LogP contribution in [0.25, 0.3) is 0 Å². The van der Waals surface area contributed by atoms with Crippen LogP contribution in [0.2, 0.25) is 0 Å². The minimum atomic E-state index is -0.0782. The molecule has 3 nitrogen and oxygen atoms in total. The first-order valence-corrected chi connectivity index (χ1v) is 8.09. The molecule has 1 N–H and O–H groups in total. The lowest BCUT2D eigenvalue weighted by molar-refractivity contribution is -0.162. The van der Waals surface area contributed by atoms with Crippen molar-refractivity contribution in [2.75, 3.05) is 19.7 Å². The Morgan fingerprint density at radius 2 is 2.16 bits per heavy atom. The average Bonchev–Trinajstić information content (AvgIpc) is 2.45. The van der Waals surface area contributed by atoms with Crippen molar-refractivity contribution in [2.24, 2.45) is 11.3 Å². The van der Waals surface area contributed by atoms with Crippen molar-refractivity contribution < 1.29 is 9.53 Å². The Bertz CT molecular complexity index is 343. The number of hydrogen-bond donors (Lipinski definition) is 1. The molecule has 3 aliphatic rings. The lowest BCUT2D eigenvalue weighted by Crippen LogP contribution is -2.52. The summed E-state index contributed by atoms with van der Waals surface area (Å²) in [5.41, 5.74) is 0.0147. The second kappa shape index (κ2) is 5.17. The zero-order valence-corrected chi connectivity index (χ0v) is 12.2. The Kier molecular flexibility index (Phi) is 3.69. The summed E-state index contributed by atoms with van der Waals surface area (Å²) in [4.78, 5) is 13.0. The monoisotopic (exact) mass is 265 g/mol.